The minimum absolute atomic E-state index is 0.304. The first kappa shape index (κ1) is 10.3. The van der Waals surface area contributed by atoms with Crippen LogP contribution in [-0.4, -0.2) is 29.4 Å². The number of nitrogens with one attached hydrogen (secondary N) is 1. The summed E-state index contributed by atoms with van der Waals surface area (Å²) in [5.41, 5.74) is 3.60. The normalized spacial score (nSPS) is 25.9. The number of halogens is 3. The Morgan fingerprint density at radius 3 is 3.00 bits per heavy atom. The summed E-state index contributed by atoms with van der Waals surface area (Å²) in [4.78, 5) is 0. The van der Waals surface area contributed by atoms with Gasteiger partial charge in [0.05, 0.1) is 6.20 Å². The SMILES string of the molecule is F[N+](F)(F)N1C=CC=C=C2CCNCC21. The molecule has 1 atom stereocenters. The summed E-state index contributed by atoms with van der Waals surface area (Å²) >= 11 is 0. The van der Waals surface area contributed by atoms with Gasteiger partial charge in [-0.15, -0.1) is 10.7 Å². The molecule has 1 N–H and O–H groups in total. The van der Waals surface area contributed by atoms with Crippen molar-refractivity contribution in [1.82, 2.24) is 10.3 Å². The quantitative estimate of drug-likeness (QED) is 0.531. The first-order chi connectivity index (χ1) is 7.09. The molecule has 2 aliphatic heterocycles. The Bertz CT molecular complexity index is 339. The number of allylic oxidation sites excluding steroid dienone is 1. The van der Waals surface area contributed by atoms with Gasteiger partial charge in [0.25, 0.3) is 0 Å². The van der Waals surface area contributed by atoms with E-state index in [2.05, 4.69) is 11.0 Å². The maximum atomic E-state index is 12.6. The van der Waals surface area contributed by atoms with Crippen LogP contribution in [0.1, 0.15) is 6.42 Å². The molecule has 0 bridgehead atoms. The average molecular weight is 218 g/mol. The van der Waals surface area contributed by atoms with Gasteiger partial charge in [-0.25, -0.2) is 0 Å². The van der Waals surface area contributed by atoms with Crippen LogP contribution in [0.3, 0.4) is 0 Å². The zero-order valence-electron chi connectivity index (χ0n) is 7.96. The van der Waals surface area contributed by atoms with E-state index >= 15 is 0 Å². The topological polar surface area (TPSA) is 15.3 Å². The maximum absolute atomic E-state index is 12.6. The summed E-state index contributed by atoms with van der Waals surface area (Å²) in [5, 5.41) is -0.352. The minimum Gasteiger partial charge on any atom is -0.314 e. The van der Waals surface area contributed by atoms with Gasteiger partial charge in [0.15, 0.2) is 0 Å². The zero-order valence-corrected chi connectivity index (χ0v) is 7.96. The van der Waals surface area contributed by atoms with Crippen molar-refractivity contribution in [3.05, 3.63) is 29.7 Å². The van der Waals surface area contributed by atoms with E-state index in [1.54, 1.807) is 0 Å². The van der Waals surface area contributed by atoms with E-state index in [4.69, 9.17) is 0 Å². The zero-order chi connectivity index (χ0) is 10.9. The largest absolute Gasteiger partial charge is 0.350 e. The van der Waals surface area contributed by atoms with Crippen LogP contribution in [0.2, 0.25) is 0 Å². The molecule has 1 saturated heterocycles. The van der Waals surface area contributed by atoms with Crippen LogP contribution in [0.15, 0.2) is 29.7 Å². The molecule has 2 aliphatic rings. The molecule has 0 saturated carbocycles. The Morgan fingerprint density at radius 2 is 2.27 bits per heavy atom. The number of hydrogen-bond acceptors (Lipinski definition) is 2. The predicted molar refractivity (Wildman–Crippen MR) is 47.4 cm³/mol. The van der Waals surface area contributed by atoms with Crippen LogP contribution in [0.5, 0.6) is 0 Å². The molecule has 2 heterocycles. The lowest BCUT2D eigenvalue weighted by atomic mass is 10.0. The van der Waals surface area contributed by atoms with Crippen LogP contribution in [0.25, 0.3) is 0 Å². The highest BCUT2D eigenvalue weighted by molar-refractivity contribution is 5.20. The van der Waals surface area contributed by atoms with Gasteiger partial charge in [-0.2, -0.15) is 0 Å². The number of hydrogen-bond donors (Lipinski definition) is 1. The first-order valence-electron chi connectivity index (χ1n) is 4.69. The van der Waals surface area contributed by atoms with E-state index in [1.165, 1.54) is 12.2 Å². The van der Waals surface area contributed by atoms with Gasteiger partial charge in [0.2, 0.25) is 0 Å². The van der Waals surface area contributed by atoms with Crippen LogP contribution >= 0.6 is 0 Å². The fraction of sp³-hybridized carbons (Fsp3) is 0.444. The van der Waals surface area contributed by atoms with Gasteiger partial charge in [-0.3, -0.25) is 0 Å². The third-order valence-electron chi connectivity index (χ3n) is 2.50. The monoisotopic (exact) mass is 218 g/mol. The molecule has 6 heteroatoms. The van der Waals surface area contributed by atoms with E-state index in [9.17, 15) is 13.4 Å². The molecule has 3 nitrogen and oxygen atoms in total. The predicted octanol–water partition coefficient (Wildman–Crippen LogP) is 1.64. The molecule has 15 heavy (non-hydrogen) atoms. The molecular formula is C9H11F3N3+. The van der Waals surface area contributed by atoms with Crippen molar-refractivity contribution < 1.29 is 18.7 Å². The van der Waals surface area contributed by atoms with E-state index in [0.29, 0.717) is 30.1 Å². The van der Waals surface area contributed by atoms with Gasteiger partial charge < -0.3 is 5.32 Å². The Hall–Kier alpha value is -1.23. The van der Waals surface area contributed by atoms with Crippen molar-refractivity contribution in [3.63, 3.8) is 0 Å². The molecule has 0 spiro atoms. The van der Waals surface area contributed by atoms with E-state index in [-0.39, 0.29) is 0 Å². The van der Waals surface area contributed by atoms with Gasteiger partial charge in [-0.05, 0) is 25.1 Å². The molecule has 0 aromatic rings. The van der Waals surface area contributed by atoms with Crippen molar-refractivity contribution in [2.75, 3.05) is 13.1 Å². The van der Waals surface area contributed by atoms with Crippen LogP contribution in [-0.2, 0) is 0 Å². The third-order valence-corrected chi connectivity index (χ3v) is 2.50. The average Bonchev–Trinajstić information content (AvgIpc) is 2.38. The molecule has 0 aliphatic carbocycles. The maximum Gasteiger partial charge on any atom is 0.350 e. The summed E-state index contributed by atoms with van der Waals surface area (Å²) in [6.07, 6.45) is 4.54. The highest BCUT2D eigenvalue weighted by atomic mass is 19.6. The molecular weight excluding hydrogens is 207 g/mol. The second kappa shape index (κ2) is 3.73. The molecule has 2 rings (SSSR count). The fourth-order valence-corrected chi connectivity index (χ4v) is 1.80. The number of piperidine rings is 1. The van der Waals surface area contributed by atoms with Crippen molar-refractivity contribution in [2.24, 2.45) is 0 Å². The Labute approximate surface area is 85.1 Å². The van der Waals surface area contributed by atoms with Crippen molar-refractivity contribution in [3.8, 4) is 0 Å². The summed E-state index contributed by atoms with van der Waals surface area (Å²) in [7, 11) is 0. The molecule has 1 fully saturated rings. The minimum atomic E-state index is -3.68. The lowest BCUT2D eigenvalue weighted by molar-refractivity contribution is -1.34. The molecule has 82 valence electrons. The summed E-state index contributed by atoms with van der Waals surface area (Å²) in [5.74, 6) is 0. The number of fused-ring (bicyclic) bond motifs is 1. The highest BCUT2D eigenvalue weighted by Gasteiger charge is 2.46. The number of nitrogens with zero attached hydrogens (tertiary/aromatic N) is 2. The van der Waals surface area contributed by atoms with Crippen LogP contribution in [0, 0.1) is 0 Å². The van der Waals surface area contributed by atoms with Gasteiger partial charge in [0.1, 0.15) is 19.5 Å². The van der Waals surface area contributed by atoms with Gasteiger partial charge in [-0.1, -0.05) is 0 Å². The van der Waals surface area contributed by atoms with Crippen LogP contribution < -0.4 is 5.32 Å². The van der Waals surface area contributed by atoms with Gasteiger partial charge >= 0.3 is 5.26 Å². The van der Waals surface area contributed by atoms with Crippen molar-refractivity contribution >= 4 is 0 Å². The van der Waals surface area contributed by atoms with Crippen molar-refractivity contribution in [2.45, 2.75) is 12.5 Å². The Kier molecular flexibility index (Phi) is 2.56. The third kappa shape index (κ3) is 2.07. The van der Waals surface area contributed by atoms with E-state index in [0.717, 1.165) is 6.20 Å². The summed E-state index contributed by atoms with van der Waals surface area (Å²) in [6, 6.07) is -0.672. The highest BCUT2D eigenvalue weighted by Crippen LogP contribution is 2.27. The fourth-order valence-electron chi connectivity index (χ4n) is 1.80. The molecule has 0 aromatic heterocycles. The molecule has 1 unspecified atom stereocenters. The number of quaternary nitrogens is 1. The first-order valence-corrected chi connectivity index (χ1v) is 4.69. The summed E-state index contributed by atoms with van der Waals surface area (Å²) < 4.78 is 37.9. The Balaban J connectivity index is 2.32. The number of rotatable bonds is 1. The van der Waals surface area contributed by atoms with Crippen molar-refractivity contribution in [1.29, 1.82) is 0 Å². The van der Waals surface area contributed by atoms with Crippen LogP contribution in [0.4, 0.5) is 13.4 Å². The molecule has 0 radical (unpaired) electrons. The van der Waals surface area contributed by atoms with E-state index in [1.807, 2.05) is 0 Å². The second-order valence-electron chi connectivity index (χ2n) is 3.45. The Morgan fingerprint density at radius 1 is 1.47 bits per heavy atom. The second-order valence-corrected chi connectivity index (χ2v) is 3.45. The lowest BCUT2D eigenvalue weighted by Gasteiger charge is -2.29. The van der Waals surface area contributed by atoms with E-state index < -0.39 is 11.3 Å². The lowest BCUT2D eigenvalue weighted by Crippen LogP contribution is -2.52. The molecule has 0 amide bonds. The molecule has 0 aromatic carbocycles. The van der Waals surface area contributed by atoms with Gasteiger partial charge in [0, 0.05) is 12.1 Å². The summed E-state index contributed by atoms with van der Waals surface area (Å²) in [6.45, 7) is 1.02. The smallest absolute Gasteiger partial charge is 0.314 e. The standard InChI is InChI=1S/C9H11F3N3/c10-15(11,12)14-6-2-1-3-8-4-5-13-7-9(8)14/h1-2,6,9,13H,4-5,7H2/q+1.